The number of unbranched alkanes of at least 4 members (excludes halogenated alkanes) is 6. The maximum Gasteiger partial charge on any atom is 0.186 e. The van der Waals surface area contributed by atoms with Crippen LogP contribution in [0.3, 0.4) is 0 Å². The molecule has 4 saturated heterocycles. The van der Waals surface area contributed by atoms with Crippen LogP contribution in [0.15, 0.2) is 6.20 Å². The highest BCUT2D eigenvalue weighted by Crippen LogP contribution is 2.35. The van der Waals surface area contributed by atoms with E-state index in [-0.39, 0.29) is 52.0 Å². The van der Waals surface area contributed by atoms with Gasteiger partial charge in [0.15, 0.2) is 25.2 Å². The van der Waals surface area contributed by atoms with Crippen molar-refractivity contribution in [2.45, 2.75) is 261 Å². The molecule has 7 rings (SSSR count). The lowest BCUT2D eigenvalue weighted by Crippen LogP contribution is -2.68. The summed E-state index contributed by atoms with van der Waals surface area (Å²) >= 11 is 0. The van der Waals surface area contributed by atoms with Crippen molar-refractivity contribution in [2.75, 3.05) is 39.5 Å². The van der Waals surface area contributed by atoms with Gasteiger partial charge < -0.3 is 146 Å². The third-order valence-corrected chi connectivity index (χ3v) is 16.6. The number of hydrogen-bond acceptors (Lipinski definition) is 30. The monoisotopic (exact) mass is 1170 g/mol. The minimum absolute atomic E-state index is 0.0301. The maximum atomic E-state index is 11.0. The van der Waals surface area contributed by atoms with Gasteiger partial charge in [0.05, 0.1) is 67.5 Å². The number of nitrogens with zero attached hydrogens (tertiary/aromatic N) is 3. The number of nitrogens with two attached hydrogens (primary N) is 10. The largest absolute Gasteiger partial charge is 0.394 e. The summed E-state index contributed by atoms with van der Waals surface area (Å²) in [5.74, 6) is 0. The van der Waals surface area contributed by atoms with Crippen molar-refractivity contribution >= 4 is 0 Å². The van der Waals surface area contributed by atoms with Crippen molar-refractivity contribution in [3.05, 3.63) is 11.9 Å². The molecule has 470 valence electrons. The number of rotatable bonds is 28. The van der Waals surface area contributed by atoms with Crippen LogP contribution in [0.5, 0.6) is 0 Å². The summed E-state index contributed by atoms with van der Waals surface area (Å²) in [6, 6.07) is -6.55. The van der Waals surface area contributed by atoms with Crippen molar-refractivity contribution < 1.29 is 88.2 Å². The minimum Gasteiger partial charge on any atom is -0.394 e. The molecule has 2 aliphatic carbocycles. The smallest absolute Gasteiger partial charge is 0.186 e. The average Bonchev–Trinajstić information content (AvgIpc) is 3.96. The lowest BCUT2D eigenvalue weighted by Gasteiger charge is -2.49. The van der Waals surface area contributed by atoms with E-state index in [1.807, 2.05) is 10.9 Å². The molecular formula is C50H97N13O18. The Kier molecular flexibility index (Phi) is 26.0. The van der Waals surface area contributed by atoms with Crippen LogP contribution in [-0.4, -0.2) is 267 Å². The summed E-state index contributed by atoms with van der Waals surface area (Å²) in [6.45, 7) is 0.0932. The first kappa shape index (κ1) is 66.5. The maximum absolute atomic E-state index is 11.0. The summed E-state index contributed by atoms with van der Waals surface area (Å²) in [5, 5.41) is 92.2. The van der Waals surface area contributed by atoms with Crippen molar-refractivity contribution in [1.29, 1.82) is 0 Å². The van der Waals surface area contributed by atoms with E-state index in [2.05, 4.69) is 10.3 Å². The summed E-state index contributed by atoms with van der Waals surface area (Å²) in [7, 11) is 0. The van der Waals surface area contributed by atoms with E-state index in [1.165, 1.54) is 0 Å². The second kappa shape index (κ2) is 31.6. The molecule has 0 spiro atoms. The fourth-order valence-corrected chi connectivity index (χ4v) is 11.7. The van der Waals surface area contributed by atoms with Gasteiger partial charge in [-0.05, 0) is 57.8 Å². The fraction of sp³-hybridized carbons (Fsp3) is 0.960. The molecule has 6 fully saturated rings. The zero-order valence-electron chi connectivity index (χ0n) is 46.2. The third kappa shape index (κ3) is 17.0. The number of ether oxygens (including phenoxy) is 10. The van der Waals surface area contributed by atoms with Gasteiger partial charge in [-0.25, -0.2) is 0 Å². The Morgan fingerprint density at radius 1 is 0.457 bits per heavy atom. The topological polar surface area (TPSA) is 545 Å². The van der Waals surface area contributed by atoms with Gasteiger partial charge in [0.25, 0.3) is 0 Å². The highest BCUT2D eigenvalue weighted by atomic mass is 16.7. The van der Waals surface area contributed by atoms with E-state index in [4.69, 9.17) is 105 Å². The van der Waals surface area contributed by atoms with Gasteiger partial charge in [-0.3, -0.25) is 4.68 Å². The van der Waals surface area contributed by atoms with Crippen LogP contribution in [-0.2, 0) is 60.3 Å². The minimum atomic E-state index is -1.48. The second-order valence-corrected chi connectivity index (χ2v) is 22.8. The molecule has 0 radical (unpaired) electrons. The van der Waals surface area contributed by atoms with Crippen LogP contribution >= 0.6 is 0 Å². The van der Waals surface area contributed by atoms with Crippen LogP contribution in [0.4, 0.5) is 0 Å². The SMILES string of the molecule is NC[C@H]1O[C@H](O[C@H]2[C@H](OCCCCCCCCn3cc(CCCCO[C@@H]4[C@@H](O[C@H]5O[C@H](CO)[C@@H](O)[C@H](N)[C@H]5O)[C@H](N)C[C@H](N)[C@H]4O[C@H]4O[C@H](CN)[C@@H](O)C[C@H]4N)nn3)[C@@H](O[C@H]3O[C@H](CO)[C@@H](O)[C@H](N)[C@H]3O)[C@H](N)C[C@@H]2N)[C@H](N)C[C@@H]1O. The molecule has 1 aromatic rings. The molecule has 81 heavy (non-hydrogen) atoms. The van der Waals surface area contributed by atoms with Crippen LogP contribution in [0.1, 0.15) is 82.7 Å². The predicted molar refractivity (Wildman–Crippen MR) is 285 cm³/mol. The number of aliphatic hydroxyl groups is 8. The van der Waals surface area contributed by atoms with Crippen molar-refractivity contribution in [2.24, 2.45) is 57.3 Å². The summed E-state index contributed by atoms with van der Waals surface area (Å²) in [5.41, 5.74) is 64.1. The standard InChI is InChI=1S/C50H97N13O18/c51-17-31-29(66)15-27(57)47(74-31)78-41-23(53)13-25(55)43(80-49-39(70)35(59)37(68)33(20-64)76-49)45(41)72-11-7-4-2-1-3-6-10-63-19-22(61-62-63)9-5-8-12-73-46-42(79-48-28(58)16-30(67)32(18-52)75-48)24(54)14-26(56)44(46)81-50-40(71)36(60)38(69)34(21-65)77-50/h19,23-50,64-71H,1-18,20-21,51-60H2/t23-,24-,25+,26+,27+,28+,29-,30-,31+,32+,33+,34+,35-,36-,37+,38+,39+,40+,41+,42+,43-,44-,45-,46-,47+,48+,49+,50+/m0/s1. The number of aromatic nitrogens is 3. The molecule has 4 aliphatic heterocycles. The van der Waals surface area contributed by atoms with E-state index >= 15 is 0 Å². The average molecular weight is 1170 g/mol. The zero-order valence-corrected chi connectivity index (χ0v) is 46.2. The molecule has 6 aliphatic rings. The Balaban J connectivity index is 0.861. The quantitative estimate of drug-likeness (QED) is 0.0347. The number of aliphatic hydroxyl groups excluding tert-OH is 8. The predicted octanol–water partition coefficient (Wildman–Crippen LogP) is -8.57. The van der Waals surface area contributed by atoms with Crippen LogP contribution in [0.2, 0.25) is 0 Å². The molecule has 2 saturated carbocycles. The molecule has 1 aromatic heterocycles. The van der Waals surface area contributed by atoms with Gasteiger partial charge in [0.1, 0.15) is 73.2 Å². The van der Waals surface area contributed by atoms with Crippen molar-refractivity contribution in [3.63, 3.8) is 0 Å². The Bertz CT molecular complexity index is 1970. The highest BCUT2D eigenvalue weighted by molar-refractivity contribution is 5.04. The Morgan fingerprint density at radius 2 is 0.840 bits per heavy atom. The molecule has 28 atom stereocenters. The van der Waals surface area contributed by atoms with Crippen molar-refractivity contribution in [1.82, 2.24) is 15.0 Å². The first-order valence-corrected chi connectivity index (χ1v) is 28.9. The fourth-order valence-electron chi connectivity index (χ4n) is 11.7. The van der Waals surface area contributed by atoms with Crippen LogP contribution < -0.4 is 57.3 Å². The van der Waals surface area contributed by atoms with Gasteiger partial charge in [-0.15, -0.1) is 5.10 Å². The van der Waals surface area contributed by atoms with Gasteiger partial charge in [-0.1, -0.05) is 30.9 Å². The Morgan fingerprint density at radius 3 is 1.26 bits per heavy atom. The first-order valence-electron chi connectivity index (χ1n) is 28.9. The first-order chi connectivity index (χ1) is 38.8. The van der Waals surface area contributed by atoms with Crippen LogP contribution in [0, 0.1) is 0 Å². The molecular weight excluding hydrogens is 1070 g/mol. The van der Waals surface area contributed by atoms with Gasteiger partial charge in [0, 0.05) is 63.2 Å². The molecule has 31 heteroatoms. The third-order valence-electron chi connectivity index (χ3n) is 16.6. The van der Waals surface area contributed by atoms with E-state index in [0.717, 1.165) is 37.8 Å². The number of aryl methyl sites for hydroxylation is 2. The second-order valence-electron chi connectivity index (χ2n) is 22.8. The summed E-state index contributed by atoms with van der Waals surface area (Å²) < 4.78 is 63.7. The van der Waals surface area contributed by atoms with E-state index in [9.17, 15) is 40.9 Å². The molecule has 5 heterocycles. The molecule has 28 N–H and O–H groups in total. The van der Waals surface area contributed by atoms with E-state index in [0.29, 0.717) is 32.2 Å². The Hall–Kier alpha value is -1.98. The lowest BCUT2D eigenvalue weighted by molar-refractivity contribution is -0.318. The van der Waals surface area contributed by atoms with E-state index in [1.54, 1.807) is 0 Å². The number of hydrogen-bond donors (Lipinski definition) is 18. The summed E-state index contributed by atoms with van der Waals surface area (Å²) in [6.07, 6.45) is -11.5. The van der Waals surface area contributed by atoms with E-state index < -0.39 is 184 Å². The zero-order chi connectivity index (χ0) is 58.7. The molecule has 31 nitrogen and oxygen atoms in total. The molecule has 0 amide bonds. The molecule has 0 unspecified atom stereocenters. The normalized spacial score (nSPS) is 44.4. The van der Waals surface area contributed by atoms with Gasteiger partial charge in [0.2, 0.25) is 0 Å². The van der Waals surface area contributed by atoms with Gasteiger partial charge >= 0.3 is 0 Å². The van der Waals surface area contributed by atoms with Crippen LogP contribution in [0.25, 0.3) is 0 Å². The highest BCUT2D eigenvalue weighted by Gasteiger charge is 2.53. The van der Waals surface area contributed by atoms with Crippen molar-refractivity contribution in [3.8, 4) is 0 Å². The molecule has 0 aromatic carbocycles. The van der Waals surface area contributed by atoms with Gasteiger partial charge in [-0.2, -0.15) is 0 Å². The molecule has 0 bridgehead atoms. The summed E-state index contributed by atoms with van der Waals surface area (Å²) in [4.78, 5) is 0. The Labute approximate surface area is 472 Å². The lowest BCUT2D eigenvalue weighted by atomic mass is 9.84.